The third-order valence-electron chi connectivity index (χ3n) is 4.84. The van der Waals surface area contributed by atoms with Crippen molar-refractivity contribution in [1.29, 1.82) is 0 Å². The molecule has 0 radical (unpaired) electrons. The molecule has 1 amide bonds. The summed E-state index contributed by atoms with van der Waals surface area (Å²) in [5, 5.41) is 0.429. The zero-order chi connectivity index (χ0) is 22.2. The Kier molecular flexibility index (Phi) is 5.43. The van der Waals surface area contributed by atoms with Crippen LogP contribution in [-0.2, 0) is 23.6 Å². The minimum Gasteiger partial charge on any atom is -0.408 e. The molecule has 0 atom stereocenters. The second kappa shape index (κ2) is 8.05. The molecule has 0 bridgehead atoms. The Morgan fingerprint density at radius 2 is 1.71 bits per heavy atom. The van der Waals surface area contributed by atoms with Crippen LogP contribution in [0.3, 0.4) is 0 Å². The predicted octanol–water partition coefficient (Wildman–Crippen LogP) is 3.82. The molecule has 1 aromatic heterocycles. The smallest absolute Gasteiger partial charge is 0.408 e. The maximum atomic E-state index is 13.5. The van der Waals surface area contributed by atoms with Gasteiger partial charge in [0, 0.05) is 23.7 Å². The third kappa shape index (κ3) is 3.99. The molecule has 0 saturated heterocycles. The molecule has 0 spiro atoms. The molecule has 7 nitrogen and oxygen atoms in total. The van der Waals surface area contributed by atoms with Gasteiger partial charge in [-0.1, -0.05) is 41.9 Å². The first-order valence-corrected chi connectivity index (χ1v) is 11.1. The van der Waals surface area contributed by atoms with Crippen LogP contribution in [0.2, 0.25) is 5.02 Å². The fourth-order valence-corrected chi connectivity index (χ4v) is 4.67. The molecule has 4 aromatic rings. The summed E-state index contributed by atoms with van der Waals surface area (Å²) < 4.78 is 34.2. The fraction of sp³-hybridized carbons (Fsp3) is 0.0909. The van der Waals surface area contributed by atoms with E-state index in [4.69, 9.17) is 16.0 Å². The van der Waals surface area contributed by atoms with Crippen molar-refractivity contribution in [2.45, 2.75) is 11.4 Å². The monoisotopic (exact) mass is 456 g/mol. The van der Waals surface area contributed by atoms with Gasteiger partial charge in [-0.15, -0.1) is 0 Å². The van der Waals surface area contributed by atoms with Gasteiger partial charge in [0.15, 0.2) is 5.58 Å². The van der Waals surface area contributed by atoms with Gasteiger partial charge in [-0.2, -0.15) is 0 Å². The molecule has 3 aromatic carbocycles. The molecule has 4 rings (SSSR count). The van der Waals surface area contributed by atoms with E-state index in [1.807, 2.05) is 0 Å². The first kappa shape index (κ1) is 20.9. The van der Waals surface area contributed by atoms with Gasteiger partial charge in [0.1, 0.15) is 0 Å². The summed E-state index contributed by atoms with van der Waals surface area (Å²) in [6, 6.07) is 18.8. The maximum Gasteiger partial charge on any atom is 0.419 e. The molecule has 0 saturated carbocycles. The molecule has 0 aliphatic heterocycles. The molecular weight excluding hydrogens is 440 g/mol. The van der Waals surface area contributed by atoms with E-state index in [0.29, 0.717) is 16.1 Å². The number of hydrogen-bond acceptors (Lipinski definition) is 5. The summed E-state index contributed by atoms with van der Waals surface area (Å²) in [4.78, 5) is 24.8. The Hall–Kier alpha value is -3.36. The number of aromatic nitrogens is 1. The molecule has 0 aliphatic rings. The standard InChI is InChI=1S/C22H17ClN2O5S/c1-24-19-12-11-18(13-20(19)30-22(24)27)31(28,29)25(14-15-5-3-2-4-6-15)21(26)16-7-9-17(23)10-8-16/h2-13H,14H2,1H3. The second-order valence-corrected chi connectivity index (χ2v) is 9.16. The fourth-order valence-electron chi connectivity index (χ4n) is 3.15. The number of oxazole rings is 1. The van der Waals surface area contributed by atoms with Crippen molar-refractivity contribution in [2.75, 3.05) is 0 Å². The first-order chi connectivity index (χ1) is 14.8. The number of benzene rings is 3. The van der Waals surface area contributed by atoms with Gasteiger partial charge >= 0.3 is 5.76 Å². The van der Waals surface area contributed by atoms with Crippen LogP contribution in [-0.4, -0.2) is 23.2 Å². The summed E-state index contributed by atoms with van der Waals surface area (Å²) in [7, 11) is -2.75. The van der Waals surface area contributed by atoms with E-state index in [2.05, 4.69) is 0 Å². The van der Waals surface area contributed by atoms with Gasteiger partial charge in [0.25, 0.3) is 15.9 Å². The van der Waals surface area contributed by atoms with Crippen LogP contribution in [0.1, 0.15) is 15.9 Å². The van der Waals surface area contributed by atoms with Gasteiger partial charge < -0.3 is 4.42 Å². The van der Waals surface area contributed by atoms with Gasteiger partial charge in [-0.3, -0.25) is 9.36 Å². The largest absolute Gasteiger partial charge is 0.419 e. The zero-order valence-electron chi connectivity index (χ0n) is 16.4. The van der Waals surface area contributed by atoms with Crippen molar-refractivity contribution in [3.05, 3.63) is 99.5 Å². The van der Waals surface area contributed by atoms with Crippen LogP contribution in [0.15, 0.2) is 86.9 Å². The Morgan fingerprint density at radius 1 is 1.03 bits per heavy atom. The number of carbonyl (C=O) groups is 1. The third-order valence-corrected chi connectivity index (χ3v) is 6.82. The van der Waals surface area contributed by atoms with Crippen LogP contribution < -0.4 is 5.76 Å². The molecule has 9 heteroatoms. The number of hydrogen-bond donors (Lipinski definition) is 0. The zero-order valence-corrected chi connectivity index (χ0v) is 17.9. The van der Waals surface area contributed by atoms with Crippen LogP contribution in [0.25, 0.3) is 11.1 Å². The molecule has 0 unspecified atom stereocenters. The topological polar surface area (TPSA) is 89.6 Å². The van der Waals surface area contributed by atoms with Crippen molar-refractivity contribution >= 4 is 38.6 Å². The van der Waals surface area contributed by atoms with Crippen LogP contribution in [0.5, 0.6) is 0 Å². The highest BCUT2D eigenvalue weighted by Crippen LogP contribution is 2.25. The van der Waals surface area contributed by atoms with E-state index in [-0.39, 0.29) is 22.6 Å². The van der Waals surface area contributed by atoms with E-state index in [0.717, 1.165) is 4.31 Å². The number of sulfonamides is 1. The Bertz CT molecular complexity index is 1420. The summed E-state index contributed by atoms with van der Waals surface area (Å²) in [6.45, 7) is -0.165. The molecule has 158 valence electrons. The Labute approximate surface area is 183 Å². The molecule has 0 fully saturated rings. The number of rotatable bonds is 5. The number of amides is 1. The highest BCUT2D eigenvalue weighted by Gasteiger charge is 2.31. The summed E-state index contributed by atoms with van der Waals surface area (Å²) in [6.07, 6.45) is 0. The normalized spacial score (nSPS) is 11.5. The molecule has 0 aliphatic carbocycles. The number of aryl methyl sites for hydroxylation is 1. The number of nitrogens with zero attached hydrogens (tertiary/aromatic N) is 2. The Morgan fingerprint density at radius 3 is 2.39 bits per heavy atom. The molecule has 1 heterocycles. The van der Waals surface area contributed by atoms with Gasteiger partial charge in [-0.25, -0.2) is 17.5 Å². The quantitative estimate of drug-likeness (QED) is 0.455. The van der Waals surface area contributed by atoms with E-state index >= 15 is 0 Å². The summed E-state index contributed by atoms with van der Waals surface area (Å²) >= 11 is 5.90. The second-order valence-electron chi connectivity index (χ2n) is 6.87. The number of fused-ring (bicyclic) bond motifs is 1. The van der Waals surface area contributed by atoms with Crippen molar-refractivity contribution < 1.29 is 17.6 Å². The van der Waals surface area contributed by atoms with E-state index in [9.17, 15) is 18.0 Å². The average Bonchev–Trinajstić information content (AvgIpc) is 3.05. The highest BCUT2D eigenvalue weighted by molar-refractivity contribution is 7.89. The lowest BCUT2D eigenvalue weighted by Crippen LogP contribution is -2.36. The van der Waals surface area contributed by atoms with E-state index < -0.39 is 21.7 Å². The van der Waals surface area contributed by atoms with Crippen LogP contribution in [0, 0.1) is 0 Å². The van der Waals surface area contributed by atoms with Crippen molar-refractivity contribution in [1.82, 2.24) is 8.87 Å². The first-order valence-electron chi connectivity index (χ1n) is 9.23. The lowest BCUT2D eigenvalue weighted by Gasteiger charge is -2.23. The van der Waals surface area contributed by atoms with Gasteiger partial charge in [0.05, 0.1) is 17.0 Å². The van der Waals surface area contributed by atoms with Crippen molar-refractivity contribution in [2.24, 2.45) is 7.05 Å². The van der Waals surface area contributed by atoms with Gasteiger partial charge in [0.2, 0.25) is 0 Å². The van der Waals surface area contributed by atoms with Crippen molar-refractivity contribution in [3.63, 3.8) is 0 Å². The van der Waals surface area contributed by atoms with Crippen molar-refractivity contribution in [3.8, 4) is 0 Å². The minimum atomic E-state index is -4.27. The van der Waals surface area contributed by atoms with Crippen LogP contribution >= 0.6 is 11.6 Å². The lowest BCUT2D eigenvalue weighted by atomic mass is 10.2. The SMILES string of the molecule is Cn1c(=O)oc2cc(S(=O)(=O)N(Cc3ccccc3)C(=O)c3ccc(Cl)cc3)ccc21. The lowest BCUT2D eigenvalue weighted by molar-refractivity contribution is 0.0855. The van der Waals surface area contributed by atoms with E-state index in [1.165, 1.54) is 54.1 Å². The minimum absolute atomic E-state index is 0.118. The Balaban J connectivity index is 1.82. The average molecular weight is 457 g/mol. The van der Waals surface area contributed by atoms with Gasteiger partial charge in [-0.05, 0) is 42.0 Å². The molecular formula is C22H17ClN2O5S. The van der Waals surface area contributed by atoms with Crippen LogP contribution in [0.4, 0.5) is 0 Å². The maximum absolute atomic E-state index is 13.5. The number of halogens is 1. The highest BCUT2D eigenvalue weighted by atomic mass is 35.5. The number of carbonyl (C=O) groups excluding carboxylic acids is 1. The molecule has 0 N–H and O–H groups in total. The van der Waals surface area contributed by atoms with E-state index in [1.54, 1.807) is 30.3 Å². The predicted molar refractivity (Wildman–Crippen MR) is 116 cm³/mol. The summed E-state index contributed by atoms with van der Waals surface area (Å²) in [5.41, 5.74) is 1.38. The summed E-state index contributed by atoms with van der Waals surface area (Å²) in [5.74, 6) is -1.31. The molecule has 31 heavy (non-hydrogen) atoms.